The molecule has 28 heavy (non-hydrogen) atoms. The predicted octanol–water partition coefficient (Wildman–Crippen LogP) is 5.33. The summed E-state index contributed by atoms with van der Waals surface area (Å²) in [6, 6.07) is 20.0. The Morgan fingerprint density at radius 2 is 1.50 bits per heavy atom. The second-order valence-electron chi connectivity index (χ2n) is 7.90. The van der Waals surface area contributed by atoms with Crippen molar-refractivity contribution in [3.8, 4) is 11.1 Å². The van der Waals surface area contributed by atoms with E-state index in [9.17, 15) is 0 Å². The van der Waals surface area contributed by atoms with Crippen molar-refractivity contribution in [1.29, 1.82) is 0 Å². The van der Waals surface area contributed by atoms with Crippen LogP contribution < -0.4 is 4.90 Å². The fourth-order valence-electron chi connectivity index (χ4n) is 5.16. The summed E-state index contributed by atoms with van der Waals surface area (Å²) in [5.41, 5.74) is 14.4. The van der Waals surface area contributed by atoms with Gasteiger partial charge in [-0.15, -0.1) is 0 Å². The molecule has 1 aliphatic carbocycles. The summed E-state index contributed by atoms with van der Waals surface area (Å²) in [5.74, 6) is 0. The Morgan fingerprint density at radius 3 is 2.50 bits per heavy atom. The van der Waals surface area contributed by atoms with Gasteiger partial charge in [0.2, 0.25) is 0 Å². The fourth-order valence-corrected chi connectivity index (χ4v) is 5.16. The second kappa shape index (κ2) is 5.08. The highest BCUT2D eigenvalue weighted by Crippen LogP contribution is 2.51. The SMILES string of the molecule is c1ccc2c(c1)Cc1cc3c(cc1-2)Cc1ccnc2c1N3c1cccnc1C2. The van der Waals surface area contributed by atoms with E-state index in [0.29, 0.717) is 0 Å². The first kappa shape index (κ1) is 14.6. The minimum absolute atomic E-state index is 0.807. The predicted molar refractivity (Wildman–Crippen MR) is 111 cm³/mol. The van der Waals surface area contributed by atoms with Crippen LogP contribution in [-0.2, 0) is 19.3 Å². The highest BCUT2D eigenvalue weighted by atomic mass is 15.2. The third-order valence-corrected chi connectivity index (χ3v) is 6.36. The number of nitrogens with zero attached hydrogens (tertiary/aromatic N) is 3. The molecular weight excluding hydrogens is 342 g/mol. The van der Waals surface area contributed by atoms with Gasteiger partial charge >= 0.3 is 0 Å². The van der Waals surface area contributed by atoms with Crippen molar-refractivity contribution in [2.75, 3.05) is 4.90 Å². The van der Waals surface area contributed by atoms with E-state index >= 15 is 0 Å². The Morgan fingerprint density at radius 1 is 0.607 bits per heavy atom. The first-order valence-corrected chi connectivity index (χ1v) is 9.82. The number of anilines is 3. The van der Waals surface area contributed by atoms with Crippen molar-refractivity contribution >= 4 is 17.1 Å². The molecule has 2 aromatic carbocycles. The molecule has 3 nitrogen and oxygen atoms in total. The van der Waals surface area contributed by atoms with Crippen molar-refractivity contribution in [2.45, 2.75) is 19.3 Å². The Balaban J connectivity index is 1.51. The fraction of sp³-hybridized carbons (Fsp3) is 0.120. The van der Waals surface area contributed by atoms with E-state index in [4.69, 9.17) is 4.98 Å². The monoisotopic (exact) mass is 359 g/mol. The van der Waals surface area contributed by atoms with Crippen molar-refractivity contribution in [2.24, 2.45) is 0 Å². The average molecular weight is 359 g/mol. The topological polar surface area (TPSA) is 29.0 Å². The second-order valence-corrected chi connectivity index (χ2v) is 7.90. The average Bonchev–Trinajstić information content (AvgIpc) is 3.09. The van der Waals surface area contributed by atoms with Crippen molar-refractivity contribution < 1.29 is 0 Å². The molecule has 0 radical (unpaired) electrons. The van der Waals surface area contributed by atoms with Crippen LogP contribution in [-0.4, -0.2) is 9.97 Å². The van der Waals surface area contributed by atoms with Crippen LogP contribution in [0.1, 0.15) is 33.6 Å². The van der Waals surface area contributed by atoms with E-state index in [1.165, 1.54) is 50.4 Å². The van der Waals surface area contributed by atoms with Gasteiger partial charge < -0.3 is 4.90 Å². The van der Waals surface area contributed by atoms with Crippen molar-refractivity contribution in [3.63, 3.8) is 0 Å². The molecule has 0 bridgehead atoms. The molecule has 0 saturated heterocycles. The van der Waals surface area contributed by atoms with E-state index in [1.807, 2.05) is 18.5 Å². The molecule has 0 unspecified atom stereocenters. The van der Waals surface area contributed by atoms with Gasteiger partial charge in [0, 0.05) is 25.2 Å². The number of rotatable bonds is 0. The molecule has 0 fully saturated rings. The molecule has 132 valence electrons. The summed E-state index contributed by atoms with van der Waals surface area (Å²) in [7, 11) is 0. The van der Waals surface area contributed by atoms with Crippen molar-refractivity contribution in [3.05, 3.63) is 101 Å². The molecule has 0 N–H and O–H groups in total. The lowest BCUT2D eigenvalue weighted by atomic mass is 9.88. The minimum atomic E-state index is 0.807. The summed E-state index contributed by atoms with van der Waals surface area (Å²) in [6.45, 7) is 0. The largest absolute Gasteiger partial charge is 0.306 e. The lowest BCUT2D eigenvalue weighted by Crippen LogP contribution is -2.26. The van der Waals surface area contributed by atoms with E-state index < -0.39 is 0 Å². The number of benzene rings is 2. The van der Waals surface area contributed by atoms with Gasteiger partial charge in [0.05, 0.1) is 28.5 Å². The number of aromatic nitrogens is 2. The van der Waals surface area contributed by atoms with Gasteiger partial charge in [-0.2, -0.15) is 0 Å². The third-order valence-electron chi connectivity index (χ3n) is 6.36. The van der Waals surface area contributed by atoms with Gasteiger partial charge in [0.25, 0.3) is 0 Å². The Bertz CT molecular complexity index is 1310. The van der Waals surface area contributed by atoms with Crippen LogP contribution in [0, 0.1) is 0 Å². The summed E-state index contributed by atoms with van der Waals surface area (Å²) in [6.07, 6.45) is 6.62. The lowest BCUT2D eigenvalue weighted by molar-refractivity contribution is 0.926. The summed E-state index contributed by atoms with van der Waals surface area (Å²) in [5, 5.41) is 0. The zero-order valence-electron chi connectivity index (χ0n) is 15.3. The molecule has 3 aliphatic rings. The summed E-state index contributed by atoms with van der Waals surface area (Å²) < 4.78 is 0. The van der Waals surface area contributed by atoms with Crippen LogP contribution in [0.2, 0.25) is 0 Å². The molecule has 4 aromatic rings. The Labute approximate surface area is 163 Å². The molecular formula is C25H17N3. The number of hydrogen-bond acceptors (Lipinski definition) is 3. The maximum absolute atomic E-state index is 4.71. The molecule has 2 aromatic heterocycles. The van der Waals surface area contributed by atoms with Gasteiger partial charge in [0.15, 0.2) is 0 Å². The first-order valence-electron chi connectivity index (χ1n) is 9.82. The lowest BCUT2D eigenvalue weighted by Gasteiger charge is -2.38. The van der Waals surface area contributed by atoms with Crippen LogP contribution >= 0.6 is 0 Å². The molecule has 7 rings (SSSR count). The standard InChI is InChI=1S/C25H17N3/c1-2-5-19-15(4-1)10-17-13-24-18(12-20(17)19)11-16-7-9-27-22-14-21-23(6-3-8-26-21)28(24)25(16)22/h1-9,12-13H,10-11,14H2. The highest BCUT2D eigenvalue weighted by molar-refractivity contribution is 5.90. The normalized spacial score (nSPS) is 14.6. The van der Waals surface area contributed by atoms with E-state index in [2.05, 4.69) is 58.4 Å². The van der Waals surface area contributed by atoms with Gasteiger partial charge in [0.1, 0.15) is 0 Å². The van der Waals surface area contributed by atoms with Gasteiger partial charge in [-0.3, -0.25) is 9.97 Å². The number of hydrogen-bond donors (Lipinski definition) is 0. The van der Waals surface area contributed by atoms with Crippen LogP contribution in [0.4, 0.5) is 17.1 Å². The quantitative estimate of drug-likeness (QED) is 0.367. The van der Waals surface area contributed by atoms with Crippen LogP contribution in [0.25, 0.3) is 11.1 Å². The van der Waals surface area contributed by atoms with Crippen molar-refractivity contribution in [1.82, 2.24) is 9.97 Å². The number of fused-ring (bicyclic) bond motifs is 7. The smallest absolute Gasteiger partial charge is 0.0717 e. The van der Waals surface area contributed by atoms with Crippen LogP contribution in [0.5, 0.6) is 0 Å². The highest BCUT2D eigenvalue weighted by Gasteiger charge is 2.34. The Hall–Kier alpha value is -3.46. The third kappa shape index (κ3) is 1.79. The Kier molecular flexibility index (Phi) is 2.64. The molecule has 3 heteroatoms. The maximum atomic E-state index is 4.71. The summed E-state index contributed by atoms with van der Waals surface area (Å²) in [4.78, 5) is 11.8. The summed E-state index contributed by atoms with van der Waals surface area (Å²) >= 11 is 0. The molecule has 4 heterocycles. The zero-order valence-corrected chi connectivity index (χ0v) is 15.3. The van der Waals surface area contributed by atoms with E-state index in [1.54, 1.807) is 0 Å². The van der Waals surface area contributed by atoms with Gasteiger partial charge in [-0.1, -0.05) is 24.3 Å². The maximum Gasteiger partial charge on any atom is 0.0717 e. The molecule has 0 atom stereocenters. The minimum Gasteiger partial charge on any atom is -0.306 e. The zero-order chi connectivity index (χ0) is 18.2. The van der Waals surface area contributed by atoms with E-state index in [-0.39, 0.29) is 0 Å². The van der Waals surface area contributed by atoms with E-state index in [0.717, 1.165) is 30.7 Å². The molecule has 0 spiro atoms. The van der Waals surface area contributed by atoms with Crippen LogP contribution in [0.15, 0.2) is 67.0 Å². The molecule has 0 saturated carbocycles. The van der Waals surface area contributed by atoms with Gasteiger partial charge in [-0.05, 0) is 70.1 Å². The molecule has 2 aliphatic heterocycles. The first-order chi connectivity index (χ1) is 13.9. The van der Waals surface area contributed by atoms with Gasteiger partial charge in [-0.25, -0.2) is 0 Å². The van der Waals surface area contributed by atoms with Crippen LogP contribution in [0.3, 0.4) is 0 Å². The molecule has 0 amide bonds. The number of pyridine rings is 2.